The average molecular weight is 584 g/mol. The average Bonchev–Trinajstić information content (AvgIpc) is 2.99. The largest absolute Gasteiger partial charge is 1.00 e. The molecule has 1 unspecified atom stereocenters. The predicted molar refractivity (Wildman–Crippen MR) is 108 cm³/mol. The first-order valence-electron chi connectivity index (χ1n) is 9.73. The molecule has 1 aromatic carbocycles. The number of fused-ring (bicyclic) bond motifs is 1. The summed E-state index contributed by atoms with van der Waals surface area (Å²) >= 11 is -1.01. The molecule has 0 saturated carbocycles. The first kappa shape index (κ1) is 23.4. The Kier molecular flexibility index (Phi) is 7.01. The minimum atomic E-state index is -1.11. The SMILES string of the molecule is CC1=C(C)C(C)(C)[C]([Hf+2][C]2=Cc3ccccc3C2[Si]2(C)CCC2)=C1C.[Cl-].[Cl-]. The second-order valence-electron chi connectivity index (χ2n) is 9.17. The molecule has 1 saturated heterocycles. The van der Waals surface area contributed by atoms with E-state index in [1.807, 2.05) is 6.66 Å². The third-order valence-electron chi connectivity index (χ3n) is 7.45. The molecule has 1 fully saturated rings. The van der Waals surface area contributed by atoms with Crippen LogP contribution in [0.25, 0.3) is 6.08 Å². The van der Waals surface area contributed by atoms with Gasteiger partial charge in [0.1, 0.15) is 0 Å². The third kappa shape index (κ3) is 3.58. The molecule has 4 heteroatoms. The van der Waals surface area contributed by atoms with Crippen molar-refractivity contribution in [2.45, 2.75) is 65.2 Å². The Morgan fingerprint density at radius 1 is 1.00 bits per heavy atom. The molecule has 1 heterocycles. The molecule has 3 aliphatic rings. The van der Waals surface area contributed by atoms with Crippen molar-refractivity contribution in [2.24, 2.45) is 5.41 Å². The van der Waals surface area contributed by atoms with Gasteiger partial charge in [0.15, 0.2) is 0 Å². The van der Waals surface area contributed by atoms with Crippen LogP contribution >= 0.6 is 0 Å². The van der Waals surface area contributed by atoms with Crippen LogP contribution in [0.3, 0.4) is 0 Å². The Bertz CT molecular complexity index is 844. The molecule has 0 spiro atoms. The minimum Gasteiger partial charge on any atom is -1.00 e. The van der Waals surface area contributed by atoms with Gasteiger partial charge in [0.05, 0.1) is 0 Å². The van der Waals surface area contributed by atoms with Crippen molar-refractivity contribution >= 4 is 14.1 Å². The molecule has 0 radical (unpaired) electrons. The molecule has 2 aliphatic carbocycles. The molecule has 27 heavy (non-hydrogen) atoms. The van der Waals surface area contributed by atoms with Crippen molar-refractivity contribution in [1.29, 1.82) is 0 Å². The van der Waals surface area contributed by atoms with Crippen LogP contribution < -0.4 is 24.8 Å². The molecular formula is C23H30Cl2HfSi. The predicted octanol–water partition coefficient (Wildman–Crippen LogP) is 0.887. The van der Waals surface area contributed by atoms with Gasteiger partial charge >= 0.3 is 166 Å². The second-order valence-corrected chi connectivity index (χ2v) is 18.8. The summed E-state index contributed by atoms with van der Waals surface area (Å²) in [6.07, 6.45) is 4.12. The van der Waals surface area contributed by atoms with Gasteiger partial charge in [-0.1, -0.05) is 0 Å². The summed E-state index contributed by atoms with van der Waals surface area (Å²) in [6.45, 7) is 14.8. The Morgan fingerprint density at radius 3 is 2.15 bits per heavy atom. The van der Waals surface area contributed by atoms with Gasteiger partial charge in [0, 0.05) is 0 Å². The maximum atomic E-state index is 2.69. The summed E-state index contributed by atoms with van der Waals surface area (Å²) in [7, 11) is -1.11. The molecular weight excluding hydrogens is 554 g/mol. The van der Waals surface area contributed by atoms with Crippen LogP contribution in [-0.2, 0) is 22.9 Å². The zero-order valence-electron chi connectivity index (χ0n) is 17.3. The maximum absolute atomic E-state index is 2.69. The number of hydrogen-bond donors (Lipinski definition) is 0. The summed E-state index contributed by atoms with van der Waals surface area (Å²) in [5.74, 6) is 0. The first-order chi connectivity index (χ1) is 11.8. The van der Waals surface area contributed by atoms with Gasteiger partial charge in [-0.05, 0) is 0 Å². The van der Waals surface area contributed by atoms with Crippen molar-refractivity contribution in [2.75, 3.05) is 0 Å². The Hall–Kier alpha value is 0.107. The van der Waals surface area contributed by atoms with Crippen molar-refractivity contribution < 1.29 is 47.7 Å². The minimum absolute atomic E-state index is 0. The summed E-state index contributed by atoms with van der Waals surface area (Å²) in [5.41, 5.74) is 9.22. The molecule has 1 atom stereocenters. The normalized spacial score (nSPS) is 24.4. The van der Waals surface area contributed by atoms with Crippen LogP contribution in [0.15, 0.2) is 47.6 Å². The van der Waals surface area contributed by atoms with Crippen LogP contribution in [-0.4, -0.2) is 8.07 Å². The maximum Gasteiger partial charge on any atom is -1.00 e. The number of allylic oxidation sites excluding steroid dienone is 5. The summed E-state index contributed by atoms with van der Waals surface area (Å²) in [6, 6.07) is 12.4. The molecule has 0 nitrogen and oxygen atoms in total. The van der Waals surface area contributed by atoms with Crippen LogP contribution in [0.1, 0.15) is 57.7 Å². The number of hydrogen-bond acceptors (Lipinski definition) is 0. The number of benzene rings is 1. The quantitative estimate of drug-likeness (QED) is 0.464. The molecule has 144 valence electrons. The van der Waals surface area contributed by atoms with E-state index in [0.29, 0.717) is 5.41 Å². The van der Waals surface area contributed by atoms with E-state index in [9.17, 15) is 0 Å². The Morgan fingerprint density at radius 2 is 1.63 bits per heavy atom. The van der Waals surface area contributed by atoms with Gasteiger partial charge in [-0.3, -0.25) is 0 Å². The first-order valence-corrected chi connectivity index (χ1v) is 16.3. The topological polar surface area (TPSA) is 0 Å². The summed E-state index contributed by atoms with van der Waals surface area (Å²) in [4.78, 5) is 0. The standard InChI is InChI=1S/C13H15Si.C10H15.2ClH.Hf/c1-14(9-4-10-14)13-8-7-11-5-2-3-6-12(11)13;1-7-6-10(4,5)9(3)8(7)2;;;/h2-3,5-7,13H,4,9-10H2,1H3;1-5H3;2*1H;/q;;;;+2/p-2. The monoisotopic (exact) mass is 584 g/mol. The molecule has 0 N–H and O–H groups in total. The fourth-order valence-corrected chi connectivity index (χ4v) is 19.5. The van der Waals surface area contributed by atoms with Gasteiger partial charge in [-0.25, -0.2) is 0 Å². The number of rotatable bonds is 3. The Labute approximate surface area is 190 Å². The molecule has 0 bridgehead atoms. The zero-order valence-corrected chi connectivity index (χ0v) is 23.4. The zero-order chi connectivity index (χ0) is 18.0. The van der Waals surface area contributed by atoms with Crippen LogP contribution in [0.4, 0.5) is 0 Å². The van der Waals surface area contributed by atoms with E-state index in [4.69, 9.17) is 0 Å². The fourth-order valence-electron chi connectivity index (χ4n) is 5.19. The van der Waals surface area contributed by atoms with Crippen LogP contribution in [0.2, 0.25) is 18.6 Å². The van der Waals surface area contributed by atoms with E-state index in [0.717, 1.165) is 5.54 Å². The van der Waals surface area contributed by atoms with E-state index >= 15 is 0 Å². The van der Waals surface area contributed by atoms with E-state index < -0.39 is 31.0 Å². The second kappa shape index (κ2) is 8.09. The van der Waals surface area contributed by atoms with Crippen molar-refractivity contribution in [3.63, 3.8) is 0 Å². The van der Waals surface area contributed by atoms with Crippen LogP contribution in [0.5, 0.6) is 0 Å². The molecule has 0 aromatic heterocycles. The molecule has 1 aliphatic heterocycles. The van der Waals surface area contributed by atoms with Gasteiger partial charge in [-0.15, -0.1) is 0 Å². The number of halogens is 2. The van der Waals surface area contributed by atoms with Crippen molar-refractivity contribution in [1.82, 2.24) is 0 Å². The van der Waals surface area contributed by atoms with Crippen molar-refractivity contribution in [3.05, 3.63) is 58.8 Å². The molecule has 0 amide bonds. The van der Waals surface area contributed by atoms with E-state index in [1.54, 1.807) is 39.9 Å². The van der Waals surface area contributed by atoms with Crippen molar-refractivity contribution in [3.8, 4) is 0 Å². The Balaban J connectivity index is 0.00000131. The summed E-state index contributed by atoms with van der Waals surface area (Å²) < 4.78 is 3.78. The van der Waals surface area contributed by atoms with E-state index in [1.165, 1.54) is 6.42 Å². The van der Waals surface area contributed by atoms with Gasteiger partial charge < -0.3 is 24.8 Å². The van der Waals surface area contributed by atoms with E-state index in [-0.39, 0.29) is 24.8 Å². The van der Waals surface area contributed by atoms with E-state index in [2.05, 4.69) is 71.5 Å². The molecule has 1 aromatic rings. The smallest absolute Gasteiger partial charge is 1.00 e. The molecule has 4 rings (SSSR count). The van der Waals surface area contributed by atoms with Gasteiger partial charge in [0.2, 0.25) is 0 Å². The van der Waals surface area contributed by atoms with Gasteiger partial charge in [-0.2, -0.15) is 0 Å². The van der Waals surface area contributed by atoms with Crippen LogP contribution in [0, 0.1) is 5.41 Å². The summed E-state index contributed by atoms with van der Waals surface area (Å²) in [5, 5.41) is 0. The fraction of sp³-hybridized carbons (Fsp3) is 0.478. The van der Waals surface area contributed by atoms with Gasteiger partial charge in [0.25, 0.3) is 0 Å². The third-order valence-corrected chi connectivity index (χ3v) is 20.6.